The van der Waals surface area contributed by atoms with Crippen molar-refractivity contribution < 1.29 is 4.79 Å². The molecule has 1 fully saturated rings. The summed E-state index contributed by atoms with van der Waals surface area (Å²) in [5.41, 5.74) is 0. The van der Waals surface area contributed by atoms with Crippen molar-refractivity contribution in [3.63, 3.8) is 0 Å². The third-order valence-corrected chi connectivity index (χ3v) is 4.66. The van der Waals surface area contributed by atoms with Crippen LogP contribution in [0.1, 0.15) is 6.42 Å². The van der Waals surface area contributed by atoms with Gasteiger partial charge in [-0.1, -0.05) is 6.07 Å². The number of nitrogens with one attached hydrogen (secondary N) is 1. The molecule has 0 unspecified atom stereocenters. The largest absolute Gasteiger partial charge is 0.355 e. The van der Waals surface area contributed by atoms with Crippen LogP contribution in [0.25, 0.3) is 0 Å². The fourth-order valence-corrected chi connectivity index (χ4v) is 3.11. The maximum absolute atomic E-state index is 12.0. The molecule has 1 aromatic heterocycles. The lowest BCUT2D eigenvalue weighted by Gasteiger charge is -2.37. The lowest BCUT2D eigenvalue weighted by atomic mass is 10.1. The second-order valence-corrected chi connectivity index (χ2v) is 6.58. The average Bonchev–Trinajstić information content (AvgIpc) is 2.48. The Balaban J connectivity index is 1.63. The van der Waals surface area contributed by atoms with E-state index in [0.717, 1.165) is 30.4 Å². The van der Waals surface area contributed by atoms with E-state index in [2.05, 4.69) is 34.2 Å². The predicted molar refractivity (Wildman–Crippen MR) is 86.5 cm³/mol. The molecule has 0 bridgehead atoms. The fraction of sp³-hybridized carbons (Fsp3) is 0.600. The van der Waals surface area contributed by atoms with Crippen molar-refractivity contribution in [1.82, 2.24) is 20.1 Å². The van der Waals surface area contributed by atoms with Crippen LogP contribution in [0.4, 0.5) is 0 Å². The third-order valence-electron chi connectivity index (χ3n) is 3.71. The summed E-state index contributed by atoms with van der Waals surface area (Å²) in [5.74, 6) is 0.993. The summed E-state index contributed by atoms with van der Waals surface area (Å²) < 4.78 is 0. The number of carbonyl (C=O) groups excluding carboxylic acids is 1. The summed E-state index contributed by atoms with van der Waals surface area (Å²) in [6, 6.07) is 6.19. The van der Waals surface area contributed by atoms with E-state index >= 15 is 0 Å². The maximum Gasteiger partial charge on any atom is 0.221 e. The van der Waals surface area contributed by atoms with Gasteiger partial charge in [0.25, 0.3) is 0 Å². The molecule has 1 aromatic rings. The van der Waals surface area contributed by atoms with E-state index in [9.17, 15) is 4.79 Å². The summed E-state index contributed by atoms with van der Waals surface area (Å²) in [5, 5.41) is 4.00. The van der Waals surface area contributed by atoms with Gasteiger partial charge in [0.05, 0.1) is 5.03 Å². The second-order valence-electron chi connectivity index (χ2n) is 5.47. The highest BCUT2D eigenvalue weighted by Gasteiger charge is 2.24. The zero-order chi connectivity index (χ0) is 15.1. The predicted octanol–water partition coefficient (Wildman–Crippen LogP) is 0.926. The molecule has 0 spiro atoms. The van der Waals surface area contributed by atoms with E-state index in [4.69, 9.17) is 0 Å². The number of aromatic nitrogens is 1. The molecule has 1 atom stereocenters. The average molecular weight is 308 g/mol. The summed E-state index contributed by atoms with van der Waals surface area (Å²) in [7, 11) is 4.21. The Kier molecular flexibility index (Phi) is 6.48. The molecular weight excluding hydrogens is 284 g/mol. The van der Waals surface area contributed by atoms with Gasteiger partial charge in [-0.05, 0) is 26.2 Å². The van der Waals surface area contributed by atoms with Crippen LogP contribution in [0.5, 0.6) is 0 Å². The minimum atomic E-state index is 0.142. The molecule has 0 aliphatic carbocycles. The van der Waals surface area contributed by atoms with Crippen molar-refractivity contribution in [1.29, 1.82) is 0 Å². The van der Waals surface area contributed by atoms with Crippen molar-refractivity contribution in [2.24, 2.45) is 0 Å². The minimum Gasteiger partial charge on any atom is -0.355 e. The highest BCUT2D eigenvalue weighted by Crippen LogP contribution is 2.13. The zero-order valence-corrected chi connectivity index (χ0v) is 13.6. The molecule has 2 heterocycles. The normalized spacial score (nSPS) is 20.4. The van der Waals surface area contributed by atoms with Gasteiger partial charge in [0.2, 0.25) is 5.91 Å². The maximum atomic E-state index is 12.0. The summed E-state index contributed by atoms with van der Waals surface area (Å²) in [6.45, 7) is 3.76. The molecular formula is C15H24N4OS. The number of likely N-dealkylation sites (N-methyl/N-ethyl adjacent to an activating group) is 2. The Morgan fingerprint density at radius 3 is 3.05 bits per heavy atom. The SMILES string of the molecule is CN1CCN(C)[C@@H](CC(=O)NCCSc2ccccn2)C1. The molecule has 116 valence electrons. The lowest BCUT2D eigenvalue weighted by Crippen LogP contribution is -2.51. The summed E-state index contributed by atoms with van der Waals surface area (Å²) >= 11 is 1.66. The van der Waals surface area contributed by atoms with Crippen molar-refractivity contribution >= 4 is 17.7 Å². The number of carbonyl (C=O) groups is 1. The van der Waals surface area contributed by atoms with Gasteiger partial charge in [0, 0.05) is 50.6 Å². The number of nitrogens with zero attached hydrogens (tertiary/aromatic N) is 3. The van der Waals surface area contributed by atoms with E-state index in [-0.39, 0.29) is 5.91 Å². The lowest BCUT2D eigenvalue weighted by molar-refractivity contribution is -0.122. The van der Waals surface area contributed by atoms with Gasteiger partial charge in [0.1, 0.15) is 0 Å². The first-order chi connectivity index (χ1) is 10.1. The number of thioether (sulfide) groups is 1. The van der Waals surface area contributed by atoms with Crippen LogP contribution in [0, 0.1) is 0 Å². The van der Waals surface area contributed by atoms with Crippen LogP contribution in [0.3, 0.4) is 0 Å². The Hall–Kier alpha value is -1.11. The van der Waals surface area contributed by atoms with E-state index in [1.807, 2.05) is 18.2 Å². The second kappa shape index (κ2) is 8.36. The van der Waals surface area contributed by atoms with Gasteiger partial charge in [-0.3, -0.25) is 4.79 Å². The number of amides is 1. The van der Waals surface area contributed by atoms with Crippen LogP contribution < -0.4 is 5.32 Å². The number of pyridine rings is 1. The van der Waals surface area contributed by atoms with Gasteiger partial charge in [0.15, 0.2) is 0 Å². The minimum absolute atomic E-state index is 0.142. The number of rotatable bonds is 6. The van der Waals surface area contributed by atoms with Crippen molar-refractivity contribution in [2.75, 3.05) is 46.0 Å². The molecule has 1 aliphatic heterocycles. The molecule has 0 saturated carbocycles. The first-order valence-electron chi connectivity index (χ1n) is 7.34. The van der Waals surface area contributed by atoms with Gasteiger partial charge in [-0.15, -0.1) is 11.8 Å². The molecule has 1 saturated heterocycles. The third kappa shape index (κ3) is 5.65. The van der Waals surface area contributed by atoms with Crippen LogP contribution in [-0.2, 0) is 4.79 Å². The smallest absolute Gasteiger partial charge is 0.221 e. The molecule has 2 rings (SSSR count). The Morgan fingerprint density at radius 1 is 1.43 bits per heavy atom. The van der Waals surface area contributed by atoms with Crippen molar-refractivity contribution in [2.45, 2.75) is 17.5 Å². The standard InChI is InChI=1S/C15H24N4OS/c1-18-8-9-19(2)13(12-18)11-14(20)16-7-10-21-15-5-3-4-6-17-15/h3-6,13H,7-12H2,1-2H3,(H,16,20)/t13-/m0/s1. The van der Waals surface area contributed by atoms with E-state index < -0.39 is 0 Å². The number of piperazine rings is 1. The molecule has 1 N–H and O–H groups in total. The van der Waals surface area contributed by atoms with Gasteiger partial charge < -0.3 is 15.1 Å². The van der Waals surface area contributed by atoms with Crippen molar-refractivity contribution in [3.8, 4) is 0 Å². The molecule has 1 amide bonds. The molecule has 5 nitrogen and oxygen atoms in total. The summed E-state index contributed by atoms with van der Waals surface area (Å²) in [4.78, 5) is 20.8. The van der Waals surface area contributed by atoms with E-state index in [1.165, 1.54) is 0 Å². The monoisotopic (exact) mass is 308 g/mol. The van der Waals surface area contributed by atoms with Crippen LogP contribution in [0.2, 0.25) is 0 Å². The first kappa shape index (κ1) is 16.3. The molecule has 6 heteroatoms. The molecule has 0 radical (unpaired) electrons. The Bertz CT molecular complexity index is 443. The van der Waals surface area contributed by atoms with Crippen molar-refractivity contribution in [3.05, 3.63) is 24.4 Å². The van der Waals surface area contributed by atoms with Crippen LogP contribution in [-0.4, -0.2) is 72.8 Å². The van der Waals surface area contributed by atoms with Crippen LogP contribution in [0.15, 0.2) is 29.4 Å². The highest BCUT2D eigenvalue weighted by atomic mass is 32.2. The summed E-state index contributed by atoms with van der Waals surface area (Å²) in [6.07, 6.45) is 2.37. The molecule has 21 heavy (non-hydrogen) atoms. The Morgan fingerprint density at radius 2 is 2.29 bits per heavy atom. The first-order valence-corrected chi connectivity index (χ1v) is 8.33. The fourth-order valence-electron chi connectivity index (χ4n) is 2.39. The Labute approximate surface area is 131 Å². The number of hydrogen-bond donors (Lipinski definition) is 1. The van der Waals surface area contributed by atoms with Crippen LogP contribution >= 0.6 is 11.8 Å². The van der Waals surface area contributed by atoms with Gasteiger partial charge >= 0.3 is 0 Å². The van der Waals surface area contributed by atoms with E-state index in [0.29, 0.717) is 19.0 Å². The molecule has 0 aromatic carbocycles. The van der Waals surface area contributed by atoms with Gasteiger partial charge in [-0.25, -0.2) is 4.98 Å². The number of hydrogen-bond acceptors (Lipinski definition) is 5. The topological polar surface area (TPSA) is 48.5 Å². The van der Waals surface area contributed by atoms with E-state index in [1.54, 1.807) is 18.0 Å². The zero-order valence-electron chi connectivity index (χ0n) is 12.8. The van der Waals surface area contributed by atoms with Gasteiger partial charge in [-0.2, -0.15) is 0 Å². The quantitative estimate of drug-likeness (QED) is 0.626. The highest BCUT2D eigenvalue weighted by molar-refractivity contribution is 7.99. The molecule has 1 aliphatic rings.